The second-order valence-electron chi connectivity index (χ2n) is 13.7. The first-order valence-corrected chi connectivity index (χ1v) is 16.6. The minimum atomic E-state index is 0.0306. The predicted molar refractivity (Wildman–Crippen MR) is 196 cm³/mol. The number of furan rings is 1. The van der Waals surface area contributed by atoms with Gasteiger partial charge in [0.2, 0.25) is 0 Å². The van der Waals surface area contributed by atoms with Gasteiger partial charge in [0.15, 0.2) is 0 Å². The lowest BCUT2D eigenvalue weighted by molar-refractivity contribution is 0.394. The summed E-state index contributed by atoms with van der Waals surface area (Å²) < 4.78 is 9.18. The average molecular weight is 604 g/mol. The smallest absolute Gasteiger partial charge is 0.145 e. The highest BCUT2D eigenvalue weighted by Gasteiger charge is 2.44. The Bertz CT molecular complexity index is 2590. The van der Waals surface area contributed by atoms with Crippen molar-refractivity contribution in [3.8, 4) is 27.9 Å². The van der Waals surface area contributed by atoms with E-state index in [4.69, 9.17) is 4.42 Å². The molecule has 0 spiro atoms. The van der Waals surface area contributed by atoms with E-state index in [2.05, 4.69) is 170 Å². The van der Waals surface area contributed by atoms with Gasteiger partial charge < -0.3 is 8.98 Å². The van der Waals surface area contributed by atoms with Crippen molar-refractivity contribution < 1.29 is 4.42 Å². The van der Waals surface area contributed by atoms with Gasteiger partial charge >= 0.3 is 0 Å². The molecule has 2 nitrogen and oxygen atoms in total. The van der Waals surface area contributed by atoms with Gasteiger partial charge in [-0.2, -0.15) is 0 Å². The molecule has 2 heteroatoms. The Balaban J connectivity index is 1.30. The summed E-state index contributed by atoms with van der Waals surface area (Å²) in [7, 11) is 0. The molecule has 8 aromatic rings. The Labute approximate surface area is 273 Å². The van der Waals surface area contributed by atoms with Crippen LogP contribution in [0.5, 0.6) is 0 Å². The van der Waals surface area contributed by atoms with E-state index in [1.807, 2.05) is 0 Å². The van der Waals surface area contributed by atoms with Gasteiger partial charge in [0.05, 0.1) is 16.4 Å². The average Bonchev–Trinajstić information content (AvgIpc) is 3.74. The number of fused-ring (bicyclic) bond motifs is 10. The van der Waals surface area contributed by atoms with Crippen LogP contribution in [-0.2, 0) is 5.41 Å². The molecule has 2 aliphatic carbocycles. The van der Waals surface area contributed by atoms with Crippen LogP contribution >= 0.6 is 0 Å². The third-order valence-corrected chi connectivity index (χ3v) is 10.9. The summed E-state index contributed by atoms with van der Waals surface area (Å²) in [4.78, 5) is 0. The van der Waals surface area contributed by atoms with Gasteiger partial charge in [-0.3, -0.25) is 0 Å². The number of rotatable bonds is 3. The topological polar surface area (TPSA) is 18.1 Å². The molecule has 47 heavy (non-hydrogen) atoms. The van der Waals surface area contributed by atoms with Gasteiger partial charge in [-0.15, -0.1) is 0 Å². The number of nitrogens with zero attached hydrogens (tertiary/aromatic N) is 1. The molecule has 0 amide bonds. The molecule has 2 aromatic heterocycles. The lowest BCUT2D eigenvalue weighted by Gasteiger charge is -2.29. The lowest BCUT2D eigenvalue weighted by atomic mass is 9.74. The van der Waals surface area contributed by atoms with Crippen LogP contribution in [0.4, 0.5) is 0 Å². The molecule has 0 saturated heterocycles. The number of hydrogen-bond acceptors (Lipinski definition) is 1. The molecular weight excluding hydrogens is 571 g/mol. The fourth-order valence-corrected chi connectivity index (χ4v) is 8.60. The van der Waals surface area contributed by atoms with E-state index < -0.39 is 0 Å². The van der Waals surface area contributed by atoms with Gasteiger partial charge in [0, 0.05) is 33.3 Å². The highest BCUT2D eigenvalue weighted by Crippen LogP contribution is 2.54. The molecule has 0 radical (unpaired) electrons. The van der Waals surface area contributed by atoms with E-state index in [9.17, 15) is 0 Å². The normalized spacial score (nSPS) is 18.0. The molecular formula is C45H33NO. The summed E-state index contributed by atoms with van der Waals surface area (Å²) in [5.74, 6) is 0.890. The molecule has 0 N–H and O–H groups in total. The Morgan fingerprint density at radius 3 is 2.17 bits per heavy atom. The fraction of sp³-hybridized carbons (Fsp3) is 0.111. The zero-order valence-corrected chi connectivity index (χ0v) is 26.4. The van der Waals surface area contributed by atoms with Crippen LogP contribution in [-0.4, -0.2) is 4.57 Å². The maximum atomic E-state index is 6.73. The zero-order chi connectivity index (χ0) is 31.3. The Kier molecular flexibility index (Phi) is 5.49. The van der Waals surface area contributed by atoms with Crippen molar-refractivity contribution in [2.24, 2.45) is 5.92 Å². The molecule has 0 aliphatic heterocycles. The van der Waals surface area contributed by atoms with Crippen molar-refractivity contribution in [3.63, 3.8) is 0 Å². The van der Waals surface area contributed by atoms with Crippen LogP contribution in [0.3, 0.4) is 0 Å². The molecule has 6 aromatic carbocycles. The van der Waals surface area contributed by atoms with E-state index in [1.54, 1.807) is 0 Å². The molecule has 2 heterocycles. The Morgan fingerprint density at radius 2 is 1.32 bits per heavy atom. The van der Waals surface area contributed by atoms with Crippen LogP contribution in [0.1, 0.15) is 30.9 Å². The van der Waals surface area contributed by atoms with Crippen molar-refractivity contribution in [1.29, 1.82) is 0 Å². The molecule has 0 saturated carbocycles. The number of allylic oxidation sites excluding steroid dienone is 4. The Morgan fingerprint density at radius 1 is 0.617 bits per heavy atom. The van der Waals surface area contributed by atoms with Crippen LogP contribution in [0.15, 0.2) is 156 Å². The summed E-state index contributed by atoms with van der Waals surface area (Å²) in [6.07, 6.45) is 9.22. The van der Waals surface area contributed by atoms with E-state index >= 15 is 0 Å². The monoisotopic (exact) mass is 603 g/mol. The summed E-state index contributed by atoms with van der Waals surface area (Å²) in [6.45, 7) is 4.83. The summed E-state index contributed by atoms with van der Waals surface area (Å²) >= 11 is 0. The highest BCUT2D eigenvalue weighted by atomic mass is 16.3. The lowest BCUT2D eigenvalue weighted by Crippen LogP contribution is -2.24. The van der Waals surface area contributed by atoms with Crippen molar-refractivity contribution >= 4 is 43.7 Å². The van der Waals surface area contributed by atoms with Crippen molar-refractivity contribution in [2.75, 3.05) is 0 Å². The minimum absolute atomic E-state index is 0.0306. The predicted octanol–water partition coefficient (Wildman–Crippen LogP) is 12.1. The SMILES string of the molecule is CC1(C)c2cc(-c3cc4c5ccccc5oc4c4c5ccccc5n(-c5ccc(-c6ccccc6)cc5)c34)ccc2C2C=CC=CC21. The number of benzene rings is 6. The first-order chi connectivity index (χ1) is 23.1. The summed E-state index contributed by atoms with van der Waals surface area (Å²) in [5.41, 5.74) is 13.2. The zero-order valence-electron chi connectivity index (χ0n) is 26.4. The minimum Gasteiger partial charge on any atom is -0.455 e. The standard InChI is InChI=1S/C45H33NO/c1-45(2)38-17-9-6-14-32(38)33-25-22-30(26-39(33)45)36-27-37-34-15-8-11-19-41(34)47-44(37)42-35-16-7-10-18-40(35)46(43(36)42)31-23-20-29(21-24-31)28-12-4-3-5-13-28/h3-27,32,38H,1-2H3. The van der Waals surface area contributed by atoms with Crippen molar-refractivity contribution in [2.45, 2.75) is 25.2 Å². The quantitative estimate of drug-likeness (QED) is 0.196. The molecule has 2 aliphatic rings. The molecule has 2 atom stereocenters. The van der Waals surface area contributed by atoms with Crippen LogP contribution < -0.4 is 0 Å². The van der Waals surface area contributed by atoms with Crippen LogP contribution in [0.25, 0.3) is 71.7 Å². The van der Waals surface area contributed by atoms with E-state index in [1.165, 1.54) is 49.8 Å². The van der Waals surface area contributed by atoms with E-state index in [0.717, 1.165) is 33.0 Å². The largest absolute Gasteiger partial charge is 0.455 e. The second-order valence-corrected chi connectivity index (χ2v) is 13.7. The van der Waals surface area contributed by atoms with Crippen molar-refractivity contribution in [3.05, 3.63) is 163 Å². The van der Waals surface area contributed by atoms with Gasteiger partial charge in [0.25, 0.3) is 0 Å². The molecule has 0 fully saturated rings. The fourth-order valence-electron chi connectivity index (χ4n) is 8.60. The molecule has 224 valence electrons. The van der Waals surface area contributed by atoms with Gasteiger partial charge in [-0.05, 0) is 69.5 Å². The number of para-hydroxylation sites is 2. The molecule has 0 bridgehead atoms. The highest BCUT2D eigenvalue weighted by molar-refractivity contribution is 6.27. The van der Waals surface area contributed by atoms with Crippen LogP contribution in [0.2, 0.25) is 0 Å². The third kappa shape index (κ3) is 3.73. The Hall–Kier alpha value is -5.60. The summed E-state index contributed by atoms with van der Waals surface area (Å²) in [6, 6.07) is 46.4. The van der Waals surface area contributed by atoms with Crippen LogP contribution in [0, 0.1) is 5.92 Å². The third-order valence-electron chi connectivity index (χ3n) is 10.9. The molecule has 2 unspecified atom stereocenters. The summed E-state index contributed by atoms with van der Waals surface area (Å²) in [5, 5.41) is 4.67. The second kappa shape index (κ2) is 9.70. The first kappa shape index (κ1) is 26.6. The first-order valence-electron chi connectivity index (χ1n) is 16.6. The molecule has 10 rings (SSSR count). The number of aromatic nitrogens is 1. The van der Waals surface area contributed by atoms with E-state index in [-0.39, 0.29) is 5.41 Å². The van der Waals surface area contributed by atoms with Gasteiger partial charge in [-0.1, -0.05) is 135 Å². The van der Waals surface area contributed by atoms with Gasteiger partial charge in [-0.25, -0.2) is 0 Å². The maximum absolute atomic E-state index is 6.73. The maximum Gasteiger partial charge on any atom is 0.145 e. The van der Waals surface area contributed by atoms with E-state index in [0.29, 0.717) is 11.8 Å². The van der Waals surface area contributed by atoms with Gasteiger partial charge in [0.1, 0.15) is 11.2 Å². The van der Waals surface area contributed by atoms with Crippen molar-refractivity contribution in [1.82, 2.24) is 4.57 Å². The number of hydrogen-bond donors (Lipinski definition) is 0.